The maximum absolute atomic E-state index is 11.3. The smallest absolute Gasteiger partial charge is 0.394 e. The van der Waals surface area contributed by atoms with Crippen LogP contribution < -0.4 is 27.8 Å². The van der Waals surface area contributed by atoms with Crippen molar-refractivity contribution in [1.82, 2.24) is 10.6 Å². The van der Waals surface area contributed by atoms with E-state index in [1.54, 1.807) is 14.0 Å². The SMILES string of the molecule is CCN[C@@H]1C[C@H](N)[C@@H](O[C@H]2OC(CN)=CC[C@H]2N)[C@H](O)[C@H]1O[C@H]1OC[C@](C)(O)[C@H](NC)[C@H]1O.O=S(=O)(O)O. The van der Waals surface area contributed by atoms with Crippen molar-refractivity contribution in [3.05, 3.63) is 11.8 Å². The molecule has 0 aromatic rings. The standard InChI is InChI=1S/C21H41N5O7.H2O4S/c1-4-26-13-7-12(24)16(32-19-11(23)6-5-10(8-22)31-19)14(27)17(13)33-20-15(28)18(25-3)21(2,29)9-30-20;1-5(2,3)4/h5,11-20,25-29H,4,6-9,22-24H2,1-3H3;(H2,1,2,3,4)/t11-,12+,13-,14+,15-,16-,17+,18-,19-,20-,21+;/m1./s1. The second-order valence-corrected chi connectivity index (χ2v) is 10.7. The molecule has 2 fully saturated rings. The molecule has 11 atom stereocenters. The van der Waals surface area contributed by atoms with Crippen LogP contribution in [0.1, 0.15) is 26.7 Å². The van der Waals surface area contributed by atoms with Gasteiger partial charge in [-0.15, -0.1) is 0 Å². The number of nitrogens with one attached hydrogen (secondary N) is 2. The van der Waals surface area contributed by atoms with Crippen LogP contribution in [0, 0.1) is 0 Å². The molecule has 13 N–H and O–H groups in total. The predicted molar refractivity (Wildman–Crippen MR) is 134 cm³/mol. The zero-order valence-electron chi connectivity index (χ0n) is 21.7. The Morgan fingerprint density at radius 1 is 1.13 bits per heavy atom. The van der Waals surface area contributed by atoms with Crippen molar-refractivity contribution >= 4 is 10.4 Å². The van der Waals surface area contributed by atoms with Crippen molar-refractivity contribution in [2.75, 3.05) is 26.7 Å². The number of ether oxygens (including phenoxy) is 4. The zero-order valence-corrected chi connectivity index (χ0v) is 22.5. The lowest BCUT2D eigenvalue weighted by Gasteiger charge is -2.49. The van der Waals surface area contributed by atoms with Crippen LogP contribution in [-0.4, -0.2) is 126 Å². The minimum absolute atomic E-state index is 0.0483. The van der Waals surface area contributed by atoms with Gasteiger partial charge in [-0.25, -0.2) is 0 Å². The first-order chi connectivity index (χ1) is 17.6. The average Bonchev–Trinajstić information content (AvgIpc) is 2.80. The number of hydrogen-bond acceptors (Lipinski definition) is 14. The van der Waals surface area contributed by atoms with Crippen molar-refractivity contribution in [2.24, 2.45) is 17.2 Å². The monoisotopic (exact) mass is 573 g/mol. The number of aliphatic hydroxyl groups excluding tert-OH is 2. The Bertz CT molecular complexity index is 872. The second kappa shape index (κ2) is 14.0. The molecule has 0 amide bonds. The Labute approximate surface area is 222 Å². The molecule has 17 heteroatoms. The number of aliphatic hydroxyl groups is 3. The second-order valence-electron chi connectivity index (χ2n) is 9.76. The molecule has 0 spiro atoms. The quantitative estimate of drug-likeness (QED) is 0.124. The third-order valence-corrected chi connectivity index (χ3v) is 6.64. The molecule has 0 aromatic carbocycles. The molecule has 3 aliphatic rings. The molecule has 1 saturated heterocycles. The van der Waals surface area contributed by atoms with E-state index in [0.29, 0.717) is 25.1 Å². The maximum atomic E-state index is 11.3. The van der Waals surface area contributed by atoms with Gasteiger partial charge in [0.1, 0.15) is 35.8 Å². The van der Waals surface area contributed by atoms with Crippen LogP contribution in [0.25, 0.3) is 0 Å². The molecular formula is C21H43N5O11S. The molecular weight excluding hydrogens is 530 g/mol. The van der Waals surface area contributed by atoms with E-state index in [0.717, 1.165) is 0 Å². The van der Waals surface area contributed by atoms with Gasteiger partial charge < -0.3 is 62.1 Å². The van der Waals surface area contributed by atoms with E-state index in [4.69, 9.17) is 53.7 Å². The summed E-state index contributed by atoms with van der Waals surface area (Å²) in [5, 5.41) is 38.8. The van der Waals surface area contributed by atoms with Crippen LogP contribution in [-0.2, 0) is 29.3 Å². The highest BCUT2D eigenvalue weighted by atomic mass is 32.3. The Morgan fingerprint density at radius 3 is 2.29 bits per heavy atom. The molecule has 38 heavy (non-hydrogen) atoms. The van der Waals surface area contributed by atoms with Crippen molar-refractivity contribution in [3.8, 4) is 0 Å². The lowest BCUT2D eigenvalue weighted by atomic mass is 9.83. The normalized spacial score (nSPS) is 41.9. The fourth-order valence-corrected chi connectivity index (χ4v) is 4.86. The van der Waals surface area contributed by atoms with E-state index in [-0.39, 0.29) is 19.2 Å². The Morgan fingerprint density at radius 2 is 1.74 bits per heavy atom. The van der Waals surface area contributed by atoms with Gasteiger partial charge in [-0.05, 0) is 39.4 Å². The fourth-order valence-electron chi connectivity index (χ4n) is 4.86. The largest absolute Gasteiger partial charge is 0.467 e. The van der Waals surface area contributed by atoms with Gasteiger partial charge in [0.05, 0.1) is 25.2 Å². The Kier molecular flexibility index (Phi) is 12.3. The van der Waals surface area contributed by atoms with Crippen LogP contribution in [0.2, 0.25) is 0 Å². The third-order valence-electron chi connectivity index (χ3n) is 6.64. The summed E-state index contributed by atoms with van der Waals surface area (Å²) in [6.45, 7) is 4.30. The summed E-state index contributed by atoms with van der Waals surface area (Å²) in [6.07, 6.45) is -3.05. The Hall–Kier alpha value is -1.03. The summed E-state index contributed by atoms with van der Waals surface area (Å²) in [5.74, 6) is 0.572. The molecule has 0 aromatic heterocycles. The van der Waals surface area contributed by atoms with E-state index in [2.05, 4.69) is 10.6 Å². The minimum Gasteiger partial charge on any atom is -0.467 e. The first-order valence-corrected chi connectivity index (χ1v) is 13.7. The van der Waals surface area contributed by atoms with E-state index >= 15 is 0 Å². The summed E-state index contributed by atoms with van der Waals surface area (Å²) >= 11 is 0. The van der Waals surface area contributed by atoms with Gasteiger partial charge in [0, 0.05) is 12.1 Å². The van der Waals surface area contributed by atoms with Crippen LogP contribution >= 0.6 is 0 Å². The molecule has 1 aliphatic carbocycles. The molecule has 1 saturated carbocycles. The summed E-state index contributed by atoms with van der Waals surface area (Å²) in [5.41, 5.74) is 16.9. The number of likely N-dealkylation sites (N-methyl/N-ethyl adjacent to an activating group) is 2. The van der Waals surface area contributed by atoms with E-state index in [9.17, 15) is 15.3 Å². The van der Waals surface area contributed by atoms with Crippen LogP contribution in [0.5, 0.6) is 0 Å². The lowest BCUT2D eigenvalue weighted by molar-refractivity contribution is -0.304. The van der Waals surface area contributed by atoms with Gasteiger partial charge in [0.25, 0.3) is 0 Å². The number of rotatable bonds is 8. The van der Waals surface area contributed by atoms with Gasteiger partial charge >= 0.3 is 10.4 Å². The van der Waals surface area contributed by atoms with Gasteiger partial charge in [0.15, 0.2) is 6.29 Å². The molecule has 3 rings (SSSR count). The molecule has 2 aliphatic heterocycles. The summed E-state index contributed by atoms with van der Waals surface area (Å²) in [7, 11) is -3.03. The number of nitrogens with two attached hydrogens (primary N) is 3. The third kappa shape index (κ3) is 9.00. The molecule has 16 nitrogen and oxygen atoms in total. The van der Waals surface area contributed by atoms with Crippen molar-refractivity contribution in [2.45, 2.75) is 93.5 Å². The minimum atomic E-state index is -4.67. The topological polar surface area (TPSA) is 274 Å². The zero-order chi connectivity index (χ0) is 28.8. The van der Waals surface area contributed by atoms with Crippen molar-refractivity contribution in [1.29, 1.82) is 0 Å². The van der Waals surface area contributed by atoms with Crippen LogP contribution in [0.4, 0.5) is 0 Å². The van der Waals surface area contributed by atoms with E-state index in [1.807, 2.05) is 13.0 Å². The maximum Gasteiger partial charge on any atom is 0.394 e. The van der Waals surface area contributed by atoms with E-state index < -0.39 is 71.1 Å². The van der Waals surface area contributed by atoms with Crippen molar-refractivity contribution in [3.63, 3.8) is 0 Å². The first-order valence-electron chi connectivity index (χ1n) is 12.3. The Balaban J connectivity index is 0.000000926. The highest BCUT2D eigenvalue weighted by Gasteiger charge is 2.51. The molecule has 224 valence electrons. The summed E-state index contributed by atoms with van der Waals surface area (Å²) < 4.78 is 55.1. The van der Waals surface area contributed by atoms with Gasteiger partial charge in [-0.3, -0.25) is 9.11 Å². The predicted octanol–water partition coefficient (Wildman–Crippen LogP) is -3.85. The number of hydrogen-bond donors (Lipinski definition) is 10. The molecule has 0 unspecified atom stereocenters. The van der Waals surface area contributed by atoms with Gasteiger partial charge in [-0.1, -0.05) is 6.92 Å². The van der Waals surface area contributed by atoms with Crippen LogP contribution in [0.3, 0.4) is 0 Å². The summed E-state index contributed by atoms with van der Waals surface area (Å²) in [6, 6.07) is -1.95. The van der Waals surface area contributed by atoms with Gasteiger partial charge in [-0.2, -0.15) is 8.42 Å². The average molecular weight is 574 g/mol. The fraction of sp³-hybridized carbons (Fsp3) is 0.905. The highest BCUT2D eigenvalue weighted by molar-refractivity contribution is 7.79. The van der Waals surface area contributed by atoms with Crippen molar-refractivity contribution < 1.29 is 51.8 Å². The first kappa shape index (κ1) is 33.2. The molecule has 2 heterocycles. The molecule has 0 radical (unpaired) electrons. The highest BCUT2D eigenvalue weighted by Crippen LogP contribution is 2.31. The molecule has 0 bridgehead atoms. The van der Waals surface area contributed by atoms with E-state index in [1.165, 1.54) is 0 Å². The van der Waals surface area contributed by atoms with Crippen LogP contribution in [0.15, 0.2) is 11.8 Å². The lowest BCUT2D eigenvalue weighted by Crippen LogP contribution is -2.69. The summed E-state index contributed by atoms with van der Waals surface area (Å²) in [4.78, 5) is 0. The van der Waals surface area contributed by atoms with Gasteiger partial charge in [0.2, 0.25) is 6.29 Å².